The first-order chi connectivity index (χ1) is 12.7. The number of fused-ring (bicyclic) bond motifs is 1. The van der Waals surface area contributed by atoms with E-state index in [1.54, 1.807) is 41.0 Å². The number of nitrogens with zero attached hydrogens (tertiary/aromatic N) is 2. The molecule has 0 saturated heterocycles. The Morgan fingerprint density at radius 1 is 1.15 bits per heavy atom. The second-order valence-corrected chi connectivity index (χ2v) is 5.70. The number of anilines is 1. The number of nitrogens with two attached hydrogens (primary N) is 1. The number of hydrogen-bond donors (Lipinski definition) is 1. The quantitative estimate of drug-likeness (QED) is 0.776. The van der Waals surface area contributed by atoms with E-state index in [4.69, 9.17) is 19.9 Å². The summed E-state index contributed by atoms with van der Waals surface area (Å²) in [4.78, 5) is 0. The predicted molar refractivity (Wildman–Crippen MR) is 91.7 cm³/mol. The minimum absolute atomic E-state index is 0.118. The summed E-state index contributed by atoms with van der Waals surface area (Å²) in [6.45, 7) is 0.274. The minimum Gasteiger partial charge on any atom is -0.454 e. The lowest BCUT2D eigenvalue weighted by Crippen LogP contribution is -2.06. The van der Waals surface area contributed by atoms with Gasteiger partial charge in [0.25, 0.3) is 0 Å². The van der Waals surface area contributed by atoms with Gasteiger partial charge < -0.3 is 19.9 Å². The third-order valence-corrected chi connectivity index (χ3v) is 4.03. The van der Waals surface area contributed by atoms with Gasteiger partial charge in [-0.2, -0.15) is 5.26 Å². The number of nitriles is 1. The molecule has 1 aliphatic heterocycles. The summed E-state index contributed by atoms with van der Waals surface area (Å²) in [5, 5.41) is 9.38. The summed E-state index contributed by atoms with van der Waals surface area (Å²) in [5.74, 6) is 1.57. The van der Waals surface area contributed by atoms with Crippen molar-refractivity contribution < 1.29 is 18.6 Å². The molecule has 26 heavy (non-hydrogen) atoms. The lowest BCUT2D eigenvalue weighted by molar-refractivity contribution is 0.174. The first-order valence-electron chi connectivity index (χ1n) is 7.85. The largest absolute Gasteiger partial charge is 0.454 e. The van der Waals surface area contributed by atoms with Crippen LogP contribution in [0.4, 0.5) is 10.1 Å². The molecule has 130 valence electrons. The van der Waals surface area contributed by atoms with Gasteiger partial charge in [-0.25, -0.2) is 4.39 Å². The van der Waals surface area contributed by atoms with Gasteiger partial charge in [0.15, 0.2) is 11.5 Å². The van der Waals surface area contributed by atoms with E-state index in [2.05, 4.69) is 6.07 Å². The van der Waals surface area contributed by atoms with Crippen molar-refractivity contribution in [2.24, 2.45) is 0 Å². The molecule has 3 aromatic rings. The molecule has 0 unspecified atom stereocenters. The predicted octanol–water partition coefficient (Wildman–Crippen LogP) is 3.65. The Kier molecular flexibility index (Phi) is 3.86. The van der Waals surface area contributed by atoms with Gasteiger partial charge in [-0.1, -0.05) is 18.2 Å². The lowest BCUT2D eigenvalue weighted by atomic mass is 10.2. The minimum atomic E-state index is -0.363. The van der Waals surface area contributed by atoms with Crippen molar-refractivity contribution in [3.05, 3.63) is 65.6 Å². The number of aromatic nitrogens is 1. The molecule has 0 radical (unpaired) electrons. The summed E-state index contributed by atoms with van der Waals surface area (Å²) in [6.07, 6.45) is 0. The van der Waals surface area contributed by atoms with Crippen molar-refractivity contribution in [3.63, 3.8) is 0 Å². The van der Waals surface area contributed by atoms with Gasteiger partial charge in [-0.15, -0.1) is 0 Å². The number of benzene rings is 2. The topological polar surface area (TPSA) is 82.4 Å². The Balaban J connectivity index is 1.71. The van der Waals surface area contributed by atoms with Crippen LogP contribution in [0.1, 0.15) is 11.3 Å². The van der Waals surface area contributed by atoms with Crippen LogP contribution in [-0.2, 0) is 6.54 Å². The van der Waals surface area contributed by atoms with Gasteiger partial charge in [-0.3, -0.25) is 4.57 Å². The number of nitrogen functional groups attached to an aromatic ring is 1. The Labute approximate surface area is 148 Å². The molecule has 6 nitrogen and oxygen atoms in total. The molecule has 2 N–H and O–H groups in total. The number of hydrogen-bond acceptors (Lipinski definition) is 5. The summed E-state index contributed by atoms with van der Waals surface area (Å²) in [6, 6.07) is 15.0. The molecule has 1 aromatic heterocycles. The number of ether oxygens (including phenoxy) is 3. The van der Waals surface area contributed by atoms with Crippen molar-refractivity contribution in [3.8, 4) is 29.2 Å². The Bertz CT molecular complexity index is 1020. The van der Waals surface area contributed by atoms with E-state index in [0.29, 0.717) is 22.8 Å². The molecular weight excluding hydrogens is 337 g/mol. The van der Waals surface area contributed by atoms with E-state index in [1.165, 1.54) is 12.1 Å². The maximum absolute atomic E-state index is 14.0. The zero-order valence-electron chi connectivity index (χ0n) is 13.6. The zero-order chi connectivity index (χ0) is 18.1. The van der Waals surface area contributed by atoms with E-state index in [-0.39, 0.29) is 36.4 Å². The van der Waals surface area contributed by atoms with E-state index < -0.39 is 0 Å². The molecule has 0 bridgehead atoms. The second-order valence-electron chi connectivity index (χ2n) is 5.70. The fourth-order valence-corrected chi connectivity index (χ4v) is 2.76. The molecular formula is C19H14FN3O3. The highest BCUT2D eigenvalue weighted by atomic mass is 19.1. The maximum Gasteiger partial charge on any atom is 0.231 e. The van der Waals surface area contributed by atoms with Crippen molar-refractivity contribution in [2.75, 3.05) is 12.5 Å². The van der Waals surface area contributed by atoms with Gasteiger partial charge in [0.1, 0.15) is 23.3 Å². The van der Waals surface area contributed by atoms with Crippen LogP contribution in [0, 0.1) is 17.1 Å². The molecule has 2 heterocycles. The van der Waals surface area contributed by atoms with E-state index >= 15 is 0 Å². The Hall–Kier alpha value is -3.66. The fraction of sp³-hybridized carbons (Fsp3) is 0.105. The molecule has 0 amide bonds. The monoisotopic (exact) mass is 351 g/mol. The SMILES string of the molecule is N#Cc1cc(N)c(Oc2ccc3c(c2)OCO3)n1Cc1ccccc1F. The van der Waals surface area contributed by atoms with Gasteiger partial charge in [0, 0.05) is 17.7 Å². The van der Waals surface area contributed by atoms with E-state index in [9.17, 15) is 9.65 Å². The molecule has 2 aromatic carbocycles. The highest BCUT2D eigenvalue weighted by Crippen LogP contribution is 2.38. The molecule has 1 aliphatic rings. The number of halogens is 1. The third kappa shape index (κ3) is 2.78. The summed E-state index contributed by atoms with van der Waals surface area (Å²) >= 11 is 0. The highest BCUT2D eigenvalue weighted by Gasteiger charge is 2.19. The lowest BCUT2D eigenvalue weighted by Gasteiger charge is -2.13. The van der Waals surface area contributed by atoms with E-state index in [0.717, 1.165) is 0 Å². The molecule has 0 atom stereocenters. The van der Waals surface area contributed by atoms with Crippen LogP contribution in [0.5, 0.6) is 23.1 Å². The molecule has 7 heteroatoms. The Morgan fingerprint density at radius 2 is 1.96 bits per heavy atom. The van der Waals surface area contributed by atoms with Crippen LogP contribution in [-0.4, -0.2) is 11.4 Å². The van der Waals surface area contributed by atoms with E-state index in [1.807, 2.05) is 0 Å². The normalized spacial score (nSPS) is 12.0. The second kappa shape index (κ2) is 6.33. The van der Waals surface area contributed by atoms with Gasteiger partial charge in [0.2, 0.25) is 12.7 Å². The van der Waals surface area contributed by atoms with Crippen molar-refractivity contribution in [1.82, 2.24) is 4.57 Å². The standard InChI is InChI=1S/C19H14FN3O3/c20-15-4-2-1-3-12(15)10-23-13(9-21)7-16(22)19(23)26-14-5-6-17-18(8-14)25-11-24-17/h1-8H,10-11,22H2. The van der Waals surface area contributed by atoms with Gasteiger partial charge in [0.05, 0.1) is 12.2 Å². The molecule has 4 rings (SSSR count). The maximum atomic E-state index is 14.0. The van der Waals surface area contributed by atoms with Crippen LogP contribution in [0.25, 0.3) is 0 Å². The van der Waals surface area contributed by atoms with Crippen molar-refractivity contribution in [2.45, 2.75) is 6.54 Å². The third-order valence-electron chi connectivity index (χ3n) is 4.03. The van der Waals surface area contributed by atoms with Gasteiger partial charge >= 0.3 is 0 Å². The molecule has 0 spiro atoms. The van der Waals surface area contributed by atoms with Crippen LogP contribution in [0.3, 0.4) is 0 Å². The summed E-state index contributed by atoms with van der Waals surface area (Å²) < 4.78 is 32.1. The van der Waals surface area contributed by atoms with Crippen LogP contribution in [0.2, 0.25) is 0 Å². The first-order valence-corrected chi connectivity index (χ1v) is 7.85. The highest BCUT2D eigenvalue weighted by molar-refractivity contribution is 5.57. The van der Waals surface area contributed by atoms with Crippen LogP contribution >= 0.6 is 0 Å². The summed E-state index contributed by atoms with van der Waals surface area (Å²) in [5.41, 5.74) is 7.02. The molecule has 0 fully saturated rings. The number of rotatable bonds is 4. The average molecular weight is 351 g/mol. The van der Waals surface area contributed by atoms with Crippen LogP contribution in [0.15, 0.2) is 48.5 Å². The fourth-order valence-electron chi connectivity index (χ4n) is 2.76. The van der Waals surface area contributed by atoms with Crippen LogP contribution < -0.4 is 19.9 Å². The zero-order valence-corrected chi connectivity index (χ0v) is 13.6. The smallest absolute Gasteiger partial charge is 0.231 e. The summed E-state index contributed by atoms with van der Waals surface area (Å²) in [7, 11) is 0. The first kappa shape index (κ1) is 15.8. The van der Waals surface area contributed by atoms with Crippen molar-refractivity contribution >= 4 is 5.69 Å². The molecule has 0 saturated carbocycles. The van der Waals surface area contributed by atoms with Gasteiger partial charge in [-0.05, 0) is 18.2 Å². The Morgan fingerprint density at radius 3 is 2.77 bits per heavy atom. The molecule has 0 aliphatic carbocycles. The van der Waals surface area contributed by atoms with Crippen molar-refractivity contribution in [1.29, 1.82) is 5.26 Å². The average Bonchev–Trinajstić information content (AvgIpc) is 3.22.